The van der Waals surface area contributed by atoms with Gasteiger partial charge in [-0.3, -0.25) is 14.2 Å². The molecule has 0 aliphatic rings. The van der Waals surface area contributed by atoms with Crippen molar-refractivity contribution >= 4 is 29.3 Å². The van der Waals surface area contributed by atoms with E-state index in [1.54, 1.807) is 12.4 Å². The van der Waals surface area contributed by atoms with E-state index in [-0.39, 0.29) is 24.1 Å². The summed E-state index contributed by atoms with van der Waals surface area (Å²) in [6.45, 7) is 5.88. The maximum atomic E-state index is 12.2. The maximum absolute atomic E-state index is 12.2. The molecule has 0 fully saturated rings. The molecule has 0 unspecified atom stereocenters. The number of methoxy groups -OCH3 is 1. The zero-order valence-corrected chi connectivity index (χ0v) is 18.7. The number of thioether (sulfide) groups is 1. The molecule has 0 radical (unpaired) electrons. The second-order valence-corrected chi connectivity index (χ2v) is 8.01. The smallest absolute Gasteiger partial charge is 0.243 e. The first-order valence-corrected chi connectivity index (χ1v) is 10.7. The molecule has 0 spiro atoms. The molecule has 0 aliphatic carbocycles. The number of carbonyl (C=O) groups is 2. The molecule has 162 valence electrons. The number of nitrogens with zero attached hydrogens (tertiary/aromatic N) is 3. The molecule has 3 aromatic rings. The fourth-order valence-corrected chi connectivity index (χ4v) is 3.61. The molecule has 9 heteroatoms. The predicted molar refractivity (Wildman–Crippen MR) is 121 cm³/mol. The minimum Gasteiger partial charge on any atom is -0.495 e. The van der Waals surface area contributed by atoms with Crippen LogP contribution in [0, 0.1) is 20.8 Å². The van der Waals surface area contributed by atoms with Gasteiger partial charge in [0.2, 0.25) is 11.8 Å². The van der Waals surface area contributed by atoms with Gasteiger partial charge in [0, 0.05) is 5.69 Å². The Morgan fingerprint density at radius 1 is 1.06 bits per heavy atom. The standard InChI is InChI=1S/C22H25N5O3S/c1-14-5-8-19(30-4)18(9-14)25-20(28)11-23-21(29)12-31-22-26-24-13-27(22)17-7-6-15(2)16(3)10-17/h5-10,13H,11-12H2,1-4H3,(H,23,29)(H,25,28). The molecule has 31 heavy (non-hydrogen) atoms. The molecule has 1 heterocycles. The van der Waals surface area contributed by atoms with E-state index in [1.807, 2.05) is 48.7 Å². The highest BCUT2D eigenvalue weighted by atomic mass is 32.2. The van der Waals surface area contributed by atoms with Gasteiger partial charge >= 0.3 is 0 Å². The Labute approximate surface area is 185 Å². The lowest BCUT2D eigenvalue weighted by atomic mass is 10.1. The van der Waals surface area contributed by atoms with Gasteiger partial charge in [-0.05, 0) is 61.7 Å². The van der Waals surface area contributed by atoms with Crippen LogP contribution in [0.25, 0.3) is 5.69 Å². The fourth-order valence-electron chi connectivity index (χ4n) is 2.85. The molecular weight excluding hydrogens is 414 g/mol. The van der Waals surface area contributed by atoms with Crippen LogP contribution in [-0.4, -0.2) is 46.0 Å². The summed E-state index contributed by atoms with van der Waals surface area (Å²) in [6, 6.07) is 11.6. The highest BCUT2D eigenvalue weighted by Gasteiger charge is 2.13. The van der Waals surface area contributed by atoms with Gasteiger partial charge in [-0.15, -0.1) is 10.2 Å². The molecular formula is C22H25N5O3S. The number of anilines is 1. The Kier molecular flexibility index (Phi) is 7.30. The van der Waals surface area contributed by atoms with Crippen molar-refractivity contribution in [1.82, 2.24) is 20.1 Å². The van der Waals surface area contributed by atoms with E-state index >= 15 is 0 Å². The topological polar surface area (TPSA) is 98.1 Å². The van der Waals surface area contributed by atoms with Gasteiger partial charge in [0.25, 0.3) is 0 Å². The second-order valence-electron chi connectivity index (χ2n) is 7.07. The average molecular weight is 440 g/mol. The van der Waals surface area contributed by atoms with Crippen molar-refractivity contribution < 1.29 is 14.3 Å². The van der Waals surface area contributed by atoms with Gasteiger partial charge in [-0.2, -0.15) is 0 Å². The van der Waals surface area contributed by atoms with Crippen LogP contribution in [0.15, 0.2) is 47.9 Å². The third-order valence-electron chi connectivity index (χ3n) is 4.69. The van der Waals surface area contributed by atoms with Crippen LogP contribution in [0.4, 0.5) is 5.69 Å². The molecule has 1 aromatic heterocycles. The summed E-state index contributed by atoms with van der Waals surface area (Å²) in [7, 11) is 1.54. The summed E-state index contributed by atoms with van der Waals surface area (Å²) in [5.74, 6) is 0.0722. The monoisotopic (exact) mass is 439 g/mol. The average Bonchev–Trinajstić information content (AvgIpc) is 3.21. The zero-order valence-electron chi connectivity index (χ0n) is 17.9. The number of amides is 2. The Hall–Kier alpha value is -3.33. The number of benzene rings is 2. The number of aromatic nitrogens is 3. The Bertz CT molecular complexity index is 1100. The fraction of sp³-hybridized carbons (Fsp3) is 0.273. The van der Waals surface area contributed by atoms with Crippen molar-refractivity contribution in [3.05, 3.63) is 59.4 Å². The first-order valence-electron chi connectivity index (χ1n) is 9.69. The van der Waals surface area contributed by atoms with Gasteiger partial charge in [0.15, 0.2) is 5.16 Å². The number of hydrogen-bond donors (Lipinski definition) is 2. The van der Waals surface area contributed by atoms with Crippen LogP contribution < -0.4 is 15.4 Å². The normalized spacial score (nSPS) is 10.6. The van der Waals surface area contributed by atoms with E-state index in [4.69, 9.17) is 4.74 Å². The van der Waals surface area contributed by atoms with Crippen LogP contribution in [-0.2, 0) is 9.59 Å². The third-order valence-corrected chi connectivity index (χ3v) is 5.64. The van der Waals surface area contributed by atoms with Gasteiger partial charge in [0.1, 0.15) is 12.1 Å². The zero-order chi connectivity index (χ0) is 22.4. The second kappa shape index (κ2) is 10.1. The Balaban J connectivity index is 1.52. The van der Waals surface area contributed by atoms with E-state index in [0.29, 0.717) is 16.6 Å². The molecule has 8 nitrogen and oxygen atoms in total. The number of aryl methyl sites for hydroxylation is 3. The summed E-state index contributed by atoms with van der Waals surface area (Å²) in [5.41, 5.74) is 4.85. The van der Waals surface area contributed by atoms with E-state index in [9.17, 15) is 9.59 Å². The van der Waals surface area contributed by atoms with Crippen LogP contribution >= 0.6 is 11.8 Å². The SMILES string of the molecule is COc1ccc(C)cc1NC(=O)CNC(=O)CSc1nncn1-c1ccc(C)c(C)c1. The molecule has 2 amide bonds. The quantitative estimate of drug-likeness (QED) is 0.524. The summed E-state index contributed by atoms with van der Waals surface area (Å²) < 4.78 is 7.08. The van der Waals surface area contributed by atoms with E-state index in [1.165, 1.54) is 24.4 Å². The highest BCUT2D eigenvalue weighted by Crippen LogP contribution is 2.25. The lowest BCUT2D eigenvalue weighted by molar-refractivity contribution is -0.122. The molecule has 0 aliphatic heterocycles. The van der Waals surface area contributed by atoms with Crippen LogP contribution in [0.5, 0.6) is 5.75 Å². The minimum absolute atomic E-state index is 0.116. The summed E-state index contributed by atoms with van der Waals surface area (Å²) in [4.78, 5) is 24.4. The lowest BCUT2D eigenvalue weighted by Gasteiger charge is -2.11. The van der Waals surface area contributed by atoms with Crippen molar-refractivity contribution in [3.8, 4) is 11.4 Å². The summed E-state index contributed by atoms with van der Waals surface area (Å²) >= 11 is 1.26. The van der Waals surface area contributed by atoms with Crippen molar-refractivity contribution in [2.45, 2.75) is 25.9 Å². The number of carbonyl (C=O) groups excluding carboxylic acids is 2. The number of rotatable bonds is 8. The molecule has 0 atom stereocenters. The predicted octanol–water partition coefficient (Wildman–Crippen LogP) is 3.05. The van der Waals surface area contributed by atoms with Crippen LogP contribution in [0.3, 0.4) is 0 Å². The molecule has 0 bridgehead atoms. The van der Waals surface area contributed by atoms with Gasteiger partial charge in [0.05, 0.1) is 25.1 Å². The molecule has 0 saturated heterocycles. The molecule has 0 saturated carbocycles. The molecule has 2 aromatic carbocycles. The first kappa shape index (κ1) is 22.4. The summed E-state index contributed by atoms with van der Waals surface area (Å²) in [5, 5.41) is 14.0. The van der Waals surface area contributed by atoms with Crippen molar-refractivity contribution in [1.29, 1.82) is 0 Å². The lowest BCUT2D eigenvalue weighted by Crippen LogP contribution is -2.34. The number of nitrogens with one attached hydrogen (secondary N) is 2. The summed E-state index contributed by atoms with van der Waals surface area (Å²) in [6.07, 6.45) is 1.62. The van der Waals surface area contributed by atoms with Crippen LogP contribution in [0.1, 0.15) is 16.7 Å². The number of hydrogen-bond acceptors (Lipinski definition) is 6. The van der Waals surface area contributed by atoms with E-state index in [0.717, 1.165) is 16.8 Å². The third kappa shape index (κ3) is 5.85. The van der Waals surface area contributed by atoms with Crippen molar-refractivity contribution in [3.63, 3.8) is 0 Å². The van der Waals surface area contributed by atoms with E-state index in [2.05, 4.69) is 27.8 Å². The number of ether oxygens (including phenoxy) is 1. The Morgan fingerprint density at radius 2 is 1.87 bits per heavy atom. The largest absolute Gasteiger partial charge is 0.495 e. The van der Waals surface area contributed by atoms with E-state index < -0.39 is 0 Å². The van der Waals surface area contributed by atoms with Crippen molar-refractivity contribution in [2.75, 3.05) is 24.7 Å². The minimum atomic E-state index is -0.333. The van der Waals surface area contributed by atoms with Crippen molar-refractivity contribution in [2.24, 2.45) is 0 Å². The van der Waals surface area contributed by atoms with Gasteiger partial charge < -0.3 is 15.4 Å². The maximum Gasteiger partial charge on any atom is 0.243 e. The molecule has 2 N–H and O–H groups in total. The highest BCUT2D eigenvalue weighted by molar-refractivity contribution is 7.99. The van der Waals surface area contributed by atoms with Gasteiger partial charge in [-0.25, -0.2) is 0 Å². The first-order chi connectivity index (χ1) is 14.9. The Morgan fingerprint density at radius 3 is 2.61 bits per heavy atom. The molecule has 3 rings (SSSR count). The van der Waals surface area contributed by atoms with Gasteiger partial charge in [-0.1, -0.05) is 23.9 Å². The van der Waals surface area contributed by atoms with Crippen LogP contribution in [0.2, 0.25) is 0 Å².